The van der Waals surface area contributed by atoms with Crippen LogP contribution in [-0.2, 0) is 4.74 Å². The van der Waals surface area contributed by atoms with E-state index in [1.54, 1.807) is 7.11 Å². The van der Waals surface area contributed by atoms with Crippen LogP contribution in [0.1, 0.15) is 28.3 Å². The first-order valence-corrected chi connectivity index (χ1v) is 9.49. The maximum atomic E-state index is 13.0. The molecule has 2 atom stereocenters. The van der Waals surface area contributed by atoms with Gasteiger partial charge in [-0.15, -0.1) is 12.4 Å². The normalized spacial score (nSPS) is 18.6. The second kappa shape index (κ2) is 11.1. The van der Waals surface area contributed by atoms with E-state index < -0.39 is 0 Å². The molecule has 0 radical (unpaired) electrons. The lowest BCUT2D eigenvalue weighted by molar-refractivity contribution is 0.0786. The summed E-state index contributed by atoms with van der Waals surface area (Å²) in [6.07, 6.45) is 0.817. The molecule has 6 heteroatoms. The van der Waals surface area contributed by atoms with Crippen molar-refractivity contribution in [1.82, 2.24) is 4.90 Å². The van der Waals surface area contributed by atoms with E-state index >= 15 is 0 Å². The molecule has 0 aliphatic carbocycles. The van der Waals surface area contributed by atoms with E-state index in [-0.39, 0.29) is 30.2 Å². The molecule has 0 bridgehead atoms. The minimum absolute atomic E-state index is 0. The van der Waals surface area contributed by atoms with Crippen LogP contribution >= 0.6 is 12.4 Å². The molecular weight excluding hydrogens is 376 g/mol. The molecule has 3 rings (SSSR count). The molecule has 0 aromatic heterocycles. The van der Waals surface area contributed by atoms with Gasteiger partial charge in [-0.25, -0.2) is 0 Å². The highest BCUT2D eigenvalue weighted by molar-refractivity contribution is 5.94. The topological polar surface area (TPSA) is 64.8 Å². The number of hydrogen-bond donors (Lipinski definition) is 1. The van der Waals surface area contributed by atoms with Crippen molar-refractivity contribution in [3.05, 3.63) is 65.7 Å². The summed E-state index contributed by atoms with van der Waals surface area (Å²) in [5, 5.41) is 0. The summed E-state index contributed by atoms with van der Waals surface area (Å²) in [5.41, 5.74) is 7.90. The Hall–Kier alpha value is -2.08. The van der Waals surface area contributed by atoms with Crippen LogP contribution in [0.15, 0.2) is 54.6 Å². The second-order valence-corrected chi connectivity index (χ2v) is 6.95. The van der Waals surface area contributed by atoms with E-state index in [0.717, 1.165) is 6.42 Å². The van der Waals surface area contributed by atoms with Crippen molar-refractivity contribution in [2.75, 3.05) is 40.0 Å². The lowest BCUT2D eigenvalue weighted by atomic mass is 9.89. The highest BCUT2D eigenvalue weighted by Gasteiger charge is 2.35. The summed E-state index contributed by atoms with van der Waals surface area (Å²) in [6.45, 7) is 3.19. The summed E-state index contributed by atoms with van der Waals surface area (Å²) in [5.74, 6) is 1.32. The van der Waals surface area contributed by atoms with Crippen LogP contribution < -0.4 is 10.5 Å². The SMILES string of the molecule is COCCCOc1cccc(C(=O)N2C[C@@H](CN)[C@H](c3ccccc3)C2)c1.Cl. The van der Waals surface area contributed by atoms with Crippen molar-refractivity contribution in [2.45, 2.75) is 12.3 Å². The molecule has 0 saturated carbocycles. The quantitative estimate of drug-likeness (QED) is 0.685. The molecule has 0 unspecified atom stereocenters. The Bertz CT molecular complexity index is 742. The fraction of sp³-hybridized carbons (Fsp3) is 0.409. The van der Waals surface area contributed by atoms with Crippen molar-refractivity contribution in [3.63, 3.8) is 0 Å². The first-order chi connectivity index (χ1) is 13.2. The Balaban J connectivity index is 0.00000280. The molecule has 1 aliphatic rings. The molecule has 1 saturated heterocycles. The van der Waals surface area contributed by atoms with Crippen molar-refractivity contribution < 1.29 is 14.3 Å². The molecule has 1 fully saturated rings. The molecular formula is C22H29ClN2O3. The predicted octanol–water partition coefficient (Wildman–Crippen LogP) is 3.34. The molecule has 152 valence electrons. The van der Waals surface area contributed by atoms with Crippen molar-refractivity contribution >= 4 is 18.3 Å². The molecule has 5 nitrogen and oxygen atoms in total. The molecule has 1 aliphatic heterocycles. The van der Waals surface area contributed by atoms with Gasteiger partial charge < -0.3 is 20.1 Å². The molecule has 0 spiro atoms. The summed E-state index contributed by atoms with van der Waals surface area (Å²) in [6, 6.07) is 17.7. The van der Waals surface area contributed by atoms with Crippen LogP contribution in [-0.4, -0.2) is 50.8 Å². The third kappa shape index (κ3) is 5.47. The fourth-order valence-electron chi connectivity index (χ4n) is 3.65. The number of nitrogens with two attached hydrogens (primary N) is 1. The van der Waals surface area contributed by atoms with Crippen LogP contribution in [0.3, 0.4) is 0 Å². The zero-order valence-electron chi connectivity index (χ0n) is 16.3. The number of methoxy groups -OCH3 is 1. The number of benzene rings is 2. The average Bonchev–Trinajstić information content (AvgIpc) is 3.16. The van der Waals surface area contributed by atoms with Gasteiger partial charge in [-0.2, -0.15) is 0 Å². The molecule has 2 N–H and O–H groups in total. The number of ether oxygens (including phenoxy) is 2. The van der Waals surface area contributed by atoms with Gasteiger partial charge in [0.15, 0.2) is 0 Å². The van der Waals surface area contributed by atoms with Crippen molar-refractivity contribution in [2.24, 2.45) is 11.7 Å². The number of nitrogens with zero attached hydrogens (tertiary/aromatic N) is 1. The van der Waals surface area contributed by atoms with Crippen LogP contribution in [0.4, 0.5) is 0 Å². The highest BCUT2D eigenvalue weighted by Crippen LogP contribution is 2.33. The van der Waals surface area contributed by atoms with Crippen LogP contribution in [0.2, 0.25) is 0 Å². The Kier molecular flexibility index (Phi) is 8.77. The van der Waals surface area contributed by atoms with Gasteiger partial charge in [-0.3, -0.25) is 4.79 Å². The Labute approximate surface area is 173 Å². The number of likely N-dealkylation sites (tertiary alicyclic amines) is 1. The third-order valence-electron chi connectivity index (χ3n) is 5.10. The van der Waals surface area contributed by atoms with Gasteiger partial charge in [0.2, 0.25) is 0 Å². The number of rotatable bonds is 8. The van der Waals surface area contributed by atoms with Crippen molar-refractivity contribution in [3.8, 4) is 5.75 Å². The molecule has 1 heterocycles. The fourth-order valence-corrected chi connectivity index (χ4v) is 3.65. The second-order valence-electron chi connectivity index (χ2n) is 6.95. The first-order valence-electron chi connectivity index (χ1n) is 9.49. The lowest BCUT2D eigenvalue weighted by Crippen LogP contribution is -2.29. The predicted molar refractivity (Wildman–Crippen MR) is 113 cm³/mol. The van der Waals surface area contributed by atoms with Gasteiger partial charge in [0.05, 0.1) is 6.61 Å². The lowest BCUT2D eigenvalue weighted by Gasteiger charge is -2.17. The van der Waals surface area contributed by atoms with E-state index in [0.29, 0.717) is 44.2 Å². The van der Waals surface area contributed by atoms with E-state index in [2.05, 4.69) is 12.1 Å². The van der Waals surface area contributed by atoms with E-state index in [1.807, 2.05) is 47.4 Å². The zero-order valence-corrected chi connectivity index (χ0v) is 17.1. The Morgan fingerprint density at radius 3 is 2.61 bits per heavy atom. The van der Waals surface area contributed by atoms with Gasteiger partial charge in [0, 0.05) is 44.7 Å². The maximum Gasteiger partial charge on any atom is 0.254 e. The standard InChI is InChI=1S/C22H28N2O3.ClH/c1-26-11-6-12-27-20-10-5-9-18(13-20)22(25)24-15-19(14-23)21(16-24)17-7-3-2-4-8-17;/h2-5,7-10,13,19,21H,6,11-12,14-16,23H2,1H3;1H/t19-,21+;/m1./s1. The monoisotopic (exact) mass is 404 g/mol. The maximum absolute atomic E-state index is 13.0. The Morgan fingerprint density at radius 1 is 1.11 bits per heavy atom. The summed E-state index contributed by atoms with van der Waals surface area (Å²) >= 11 is 0. The average molecular weight is 405 g/mol. The summed E-state index contributed by atoms with van der Waals surface area (Å²) in [7, 11) is 1.67. The number of halogens is 1. The number of amides is 1. The van der Waals surface area contributed by atoms with E-state index in [9.17, 15) is 4.79 Å². The summed E-state index contributed by atoms with van der Waals surface area (Å²) in [4.78, 5) is 14.9. The van der Waals surface area contributed by atoms with Crippen LogP contribution in [0.5, 0.6) is 5.75 Å². The molecule has 2 aromatic carbocycles. The number of hydrogen-bond acceptors (Lipinski definition) is 4. The highest BCUT2D eigenvalue weighted by atomic mass is 35.5. The van der Waals surface area contributed by atoms with Gasteiger partial charge >= 0.3 is 0 Å². The van der Waals surface area contributed by atoms with E-state index in [4.69, 9.17) is 15.2 Å². The number of carbonyl (C=O) groups excluding carboxylic acids is 1. The van der Waals surface area contributed by atoms with Gasteiger partial charge in [-0.1, -0.05) is 36.4 Å². The molecule has 1 amide bonds. The largest absolute Gasteiger partial charge is 0.493 e. The smallest absolute Gasteiger partial charge is 0.254 e. The van der Waals surface area contributed by atoms with Crippen LogP contribution in [0, 0.1) is 5.92 Å². The van der Waals surface area contributed by atoms with Crippen LogP contribution in [0.25, 0.3) is 0 Å². The zero-order chi connectivity index (χ0) is 19.1. The third-order valence-corrected chi connectivity index (χ3v) is 5.10. The van der Waals surface area contributed by atoms with E-state index in [1.165, 1.54) is 5.56 Å². The Morgan fingerprint density at radius 2 is 1.89 bits per heavy atom. The molecule has 28 heavy (non-hydrogen) atoms. The van der Waals surface area contributed by atoms with Gasteiger partial charge in [0.25, 0.3) is 5.91 Å². The number of carbonyl (C=O) groups is 1. The van der Waals surface area contributed by atoms with Gasteiger partial charge in [0.1, 0.15) is 5.75 Å². The minimum atomic E-state index is 0. The first kappa shape index (κ1) is 22.2. The van der Waals surface area contributed by atoms with Crippen molar-refractivity contribution in [1.29, 1.82) is 0 Å². The minimum Gasteiger partial charge on any atom is -0.493 e. The van der Waals surface area contributed by atoms with Gasteiger partial charge in [-0.05, 0) is 36.2 Å². The molecule has 2 aromatic rings. The summed E-state index contributed by atoms with van der Waals surface area (Å²) < 4.78 is 10.7.